The van der Waals surface area contributed by atoms with E-state index in [2.05, 4.69) is 0 Å². The topological polar surface area (TPSA) is 22.3 Å². The molecule has 17 heavy (non-hydrogen) atoms. The summed E-state index contributed by atoms with van der Waals surface area (Å²) >= 11 is 0. The Morgan fingerprint density at radius 2 is 1.29 bits per heavy atom. The van der Waals surface area contributed by atoms with E-state index in [9.17, 15) is 25.2 Å². The molecule has 0 bridgehead atoms. The van der Waals surface area contributed by atoms with Gasteiger partial charge in [0.25, 0.3) is 0 Å². The molecule has 3 nitrogen and oxygen atoms in total. The Kier molecular flexibility index (Phi) is 3.90. The van der Waals surface area contributed by atoms with Crippen LogP contribution >= 0.6 is 7.81 Å². The van der Waals surface area contributed by atoms with E-state index < -0.39 is 7.81 Å². The fourth-order valence-electron chi connectivity index (χ4n) is 0.657. The van der Waals surface area contributed by atoms with Crippen molar-refractivity contribution in [2.45, 2.75) is 0 Å². The summed E-state index contributed by atoms with van der Waals surface area (Å²) < 4.78 is 65.7. The van der Waals surface area contributed by atoms with Crippen LogP contribution in [0.4, 0.5) is 25.2 Å². The van der Waals surface area contributed by atoms with Gasteiger partial charge in [-0.15, -0.1) is 0 Å². The van der Waals surface area contributed by atoms with Crippen molar-refractivity contribution >= 4 is 7.81 Å². The Bertz CT molecular complexity index is 326. The predicted molar refractivity (Wildman–Crippen MR) is 49.3 cm³/mol. The second kappa shape index (κ2) is 4.21. The van der Waals surface area contributed by atoms with Crippen LogP contribution in [-0.2, 0) is 0 Å². The Balaban J connectivity index is 0.000000325. The molecule has 0 aromatic carbocycles. The molecule has 0 spiro atoms. The van der Waals surface area contributed by atoms with E-state index in [1.807, 2.05) is 12.1 Å². The van der Waals surface area contributed by atoms with E-state index in [-0.39, 0.29) is 0 Å². The summed E-state index contributed by atoms with van der Waals surface area (Å²) in [6.07, 6.45) is 3.55. The molecule has 1 aromatic heterocycles. The van der Waals surface area contributed by atoms with Crippen LogP contribution in [0.3, 0.4) is 0 Å². The van der Waals surface area contributed by atoms with E-state index in [0.717, 1.165) is 5.75 Å². The molecule has 1 aromatic rings. The number of rotatable bonds is 2. The average molecular weight is 285 g/mol. The van der Waals surface area contributed by atoms with Crippen LogP contribution in [0.1, 0.15) is 0 Å². The molecule has 0 N–H and O–H groups in total. The maximum atomic E-state index is 9.87. The van der Waals surface area contributed by atoms with Crippen molar-refractivity contribution in [3.63, 3.8) is 0 Å². The van der Waals surface area contributed by atoms with Gasteiger partial charge in [-0.2, -0.15) is 0 Å². The first-order valence-corrected chi connectivity index (χ1v) is 6.01. The van der Waals surface area contributed by atoms with Gasteiger partial charge in [-0.25, -0.2) is 0 Å². The van der Waals surface area contributed by atoms with Gasteiger partial charge in [-0.1, -0.05) is 0 Å². The number of nitrogens with zero attached hydrogens (tertiary/aromatic N) is 1. The van der Waals surface area contributed by atoms with Gasteiger partial charge in [0.1, 0.15) is 12.9 Å². The average Bonchev–Trinajstić information content (AvgIpc) is 2.13. The summed E-state index contributed by atoms with van der Waals surface area (Å²) in [4.78, 5) is 4.87. The number of halogens is 6. The van der Waals surface area contributed by atoms with Crippen LogP contribution in [0, 0.1) is 0 Å². The van der Waals surface area contributed by atoms with E-state index in [4.69, 9.17) is 9.57 Å². The molecule has 0 aliphatic carbocycles. The van der Waals surface area contributed by atoms with Gasteiger partial charge in [0.2, 0.25) is 12.4 Å². The Hall–Kier alpha value is -1.24. The van der Waals surface area contributed by atoms with Gasteiger partial charge < -0.3 is 4.74 Å². The molecular formula is C7H10F6NO2P. The van der Waals surface area contributed by atoms with Gasteiger partial charge >= 0.3 is 33.0 Å². The van der Waals surface area contributed by atoms with Crippen LogP contribution in [0.15, 0.2) is 24.5 Å². The molecule has 0 saturated heterocycles. The van der Waals surface area contributed by atoms with E-state index in [0.29, 0.717) is 0 Å². The van der Waals surface area contributed by atoms with Gasteiger partial charge in [-0.3, -0.25) is 4.84 Å². The van der Waals surface area contributed by atoms with Crippen molar-refractivity contribution in [3.8, 4) is 5.75 Å². The number of ether oxygens (including phenoxy) is 1. The van der Waals surface area contributed by atoms with Crippen LogP contribution in [0.5, 0.6) is 5.75 Å². The number of hydrogen-bond donors (Lipinski definition) is 0. The number of hydrogen-bond acceptors (Lipinski definition) is 2. The van der Waals surface area contributed by atoms with Crippen molar-refractivity contribution < 1.29 is 39.5 Å². The zero-order chi connectivity index (χ0) is 13.8. The van der Waals surface area contributed by atoms with Crippen molar-refractivity contribution in [2.75, 3.05) is 14.2 Å². The molecule has 0 amide bonds. The Morgan fingerprint density at radius 1 is 0.941 bits per heavy atom. The first-order valence-electron chi connectivity index (χ1n) is 3.98. The quantitative estimate of drug-likeness (QED) is 0.472. The van der Waals surface area contributed by atoms with Crippen LogP contribution < -0.4 is 14.3 Å². The number of aromatic nitrogens is 1. The number of pyridine rings is 1. The van der Waals surface area contributed by atoms with Crippen LogP contribution in [-0.4, -0.2) is 14.2 Å². The van der Waals surface area contributed by atoms with Crippen LogP contribution in [0.2, 0.25) is 0 Å². The van der Waals surface area contributed by atoms with Gasteiger partial charge in [0.05, 0.1) is 7.11 Å². The molecule has 0 aliphatic heterocycles. The predicted octanol–water partition coefficient (Wildman–Crippen LogP) is 3.42. The zero-order valence-electron chi connectivity index (χ0n) is 8.79. The van der Waals surface area contributed by atoms with Crippen molar-refractivity contribution in [2.24, 2.45) is 0 Å². The molecule has 0 saturated carbocycles. The van der Waals surface area contributed by atoms with E-state index in [1.165, 1.54) is 0 Å². The first kappa shape index (κ1) is 15.8. The van der Waals surface area contributed by atoms with Crippen LogP contribution in [0.25, 0.3) is 0 Å². The summed E-state index contributed by atoms with van der Waals surface area (Å²) in [5.41, 5.74) is 0. The number of methoxy groups -OCH3 is 1. The fraction of sp³-hybridized carbons (Fsp3) is 0.286. The Morgan fingerprint density at radius 3 is 1.53 bits per heavy atom. The minimum absolute atomic E-state index is 0.827. The molecule has 1 heterocycles. The molecule has 102 valence electrons. The third-order valence-electron chi connectivity index (χ3n) is 1.22. The fourth-order valence-corrected chi connectivity index (χ4v) is 0.657. The first-order chi connectivity index (χ1) is 7.31. The maximum absolute atomic E-state index is 10.7. The molecule has 0 aliphatic rings. The molecule has 1 rings (SSSR count). The monoisotopic (exact) mass is 285 g/mol. The normalized spacial score (nSPS) is 14.8. The standard InChI is InChI=1S/C7H10NO2.F6P/c1-9-7-3-5-8(10-2)6-4-7;1-7(2,3,4,5)6/h3-6H,1-2H3;/q+1;-1. The molecule has 0 fully saturated rings. The molecule has 0 unspecified atom stereocenters. The summed E-state index contributed by atoms with van der Waals surface area (Å²) in [7, 11) is -7.42. The van der Waals surface area contributed by atoms with Gasteiger partial charge in [-0.05, 0) is 0 Å². The summed E-state index contributed by atoms with van der Waals surface area (Å²) in [6.45, 7) is 0. The summed E-state index contributed by atoms with van der Waals surface area (Å²) in [5.74, 6) is 0.827. The molecule has 10 heteroatoms. The summed E-state index contributed by atoms with van der Waals surface area (Å²) in [5, 5.41) is 0. The van der Waals surface area contributed by atoms with Crippen molar-refractivity contribution in [1.29, 1.82) is 0 Å². The van der Waals surface area contributed by atoms with E-state index >= 15 is 0 Å². The van der Waals surface area contributed by atoms with Gasteiger partial charge in [0, 0.05) is 16.9 Å². The van der Waals surface area contributed by atoms with E-state index in [1.54, 1.807) is 31.3 Å². The SMILES string of the molecule is COc1cc[n+](OC)cc1.F[P-](F)(F)(F)(F)F. The third kappa shape index (κ3) is 14.8. The third-order valence-corrected chi connectivity index (χ3v) is 1.22. The summed E-state index contributed by atoms with van der Waals surface area (Å²) in [6, 6.07) is 3.65. The van der Waals surface area contributed by atoms with Gasteiger partial charge in [0.15, 0.2) is 0 Å². The Labute approximate surface area is 92.8 Å². The molecule has 0 radical (unpaired) electrons. The second-order valence-corrected chi connectivity index (χ2v) is 4.66. The second-order valence-electron chi connectivity index (χ2n) is 2.74. The molecule has 0 atom stereocenters. The molecular weight excluding hydrogens is 275 g/mol. The zero-order valence-corrected chi connectivity index (χ0v) is 9.68. The minimum atomic E-state index is -10.7. The van der Waals surface area contributed by atoms with Crippen molar-refractivity contribution in [3.05, 3.63) is 24.5 Å². The van der Waals surface area contributed by atoms with Crippen molar-refractivity contribution in [1.82, 2.24) is 0 Å².